The largest absolute Gasteiger partial charge is 0.387 e. The molecule has 3 heteroatoms. The van der Waals surface area contributed by atoms with E-state index in [9.17, 15) is 10.4 Å². The zero-order chi connectivity index (χ0) is 15.3. The highest BCUT2D eigenvalue weighted by atomic mass is 16.5. The van der Waals surface area contributed by atoms with Crippen LogP contribution in [0.3, 0.4) is 0 Å². The van der Waals surface area contributed by atoms with Crippen molar-refractivity contribution in [1.82, 2.24) is 0 Å². The Labute approximate surface area is 127 Å². The Hall–Kier alpha value is -1.37. The second-order valence-corrected chi connectivity index (χ2v) is 6.22. The Morgan fingerprint density at radius 3 is 3.00 bits per heavy atom. The highest BCUT2D eigenvalue weighted by molar-refractivity contribution is 5.28. The fraction of sp³-hybridized carbons (Fsp3) is 0.611. The standard InChI is InChI=1S/C18H25NO2/c1-3-14-7-5-9-18(11-14,13-19)17(20)16-8-4-6-15(10-16)12-21-2/h4,6,8,10,14,17,20H,3,5,7,9,11-12H2,1-2H3. The summed E-state index contributed by atoms with van der Waals surface area (Å²) in [6.45, 7) is 2.70. The molecular weight excluding hydrogens is 262 g/mol. The minimum absolute atomic E-state index is 0.525. The van der Waals surface area contributed by atoms with Crippen molar-refractivity contribution in [2.75, 3.05) is 7.11 Å². The van der Waals surface area contributed by atoms with Crippen LogP contribution >= 0.6 is 0 Å². The Morgan fingerprint density at radius 1 is 1.52 bits per heavy atom. The number of hydrogen-bond donors (Lipinski definition) is 1. The number of nitriles is 1. The lowest BCUT2D eigenvalue weighted by atomic mass is 9.65. The first-order chi connectivity index (χ1) is 10.1. The van der Waals surface area contributed by atoms with Gasteiger partial charge in [0.05, 0.1) is 24.2 Å². The molecule has 1 aliphatic carbocycles. The second kappa shape index (κ2) is 7.06. The summed E-state index contributed by atoms with van der Waals surface area (Å²) in [5.74, 6) is 0.551. The molecule has 1 aromatic carbocycles. The second-order valence-electron chi connectivity index (χ2n) is 6.22. The zero-order valence-corrected chi connectivity index (χ0v) is 13.0. The summed E-state index contributed by atoms with van der Waals surface area (Å²) in [7, 11) is 1.66. The first kappa shape index (κ1) is 16.0. The highest BCUT2D eigenvalue weighted by Crippen LogP contribution is 2.48. The van der Waals surface area contributed by atoms with Gasteiger partial charge in [0, 0.05) is 7.11 Å². The van der Waals surface area contributed by atoms with Crippen LogP contribution in [0, 0.1) is 22.7 Å². The minimum atomic E-state index is -0.714. The minimum Gasteiger partial charge on any atom is -0.387 e. The molecule has 0 spiro atoms. The maximum absolute atomic E-state index is 10.8. The molecule has 0 radical (unpaired) electrons. The van der Waals surface area contributed by atoms with Crippen molar-refractivity contribution >= 4 is 0 Å². The molecule has 0 aliphatic heterocycles. The normalized spacial score (nSPS) is 27.0. The number of ether oxygens (including phenoxy) is 1. The summed E-state index contributed by atoms with van der Waals surface area (Å²) in [6, 6.07) is 10.2. The van der Waals surface area contributed by atoms with Gasteiger partial charge in [0.1, 0.15) is 0 Å². The van der Waals surface area contributed by atoms with Crippen molar-refractivity contribution in [2.24, 2.45) is 11.3 Å². The van der Waals surface area contributed by atoms with Crippen molar-refractivity contribution in [3.05, 3.63) is 35.4 Å². The molecule has 0 saturated heterocycles. The number of nitrogens with zero attached hydrogens (tertiary/aromatic N) is 1. The van der Waals surface area contributed by atoms with Gasteiger partial charge < -0.3 is 9.84 Å². The van der Waals surface area contributed by atoms with Crippen LogP contribution in [0.2, 0.25) is 0 Å². The number of benzene rings is 1. The van der Waals surface area contributed by atoms with Crippen LogP contribution in [0.1, 0.15) is 56.3 Å². The maximum Gasteiger partial charge on any atom is 0.0976 e. The average Bonchev–Trinajstić information content (AvgIpc) is 2.54. The summed E-state index contributed by atoms with van der Waals surface area (Å²) in [5.41, 5.74) is 1.23. The van der Waals surface area contributed by atoms with E-state index in [0.29, 0.717) is 12.5 Å². The first-order valence-electron chi connectivity index (χ1n) is 7.82. The van der Waals surface area contributed by atoms with Crippen molar-refractivity contribution in [2.45, 2.75) is 51.7 Å². The van der Waals surface area contributed by atoms with E-state index in [4.69, 9.17) is 4.74 Å². The number of hydrogen-bond acceptors (Lipinski definition) is 3. The van der Waals surface area contributed by atoms with Gasteiger partial charge in [-0.05, 0) is 29.9 Å². The molecule has 3 nitrogen and oxygen atoms in total. The number of methoxy groups -OCH3 is 1. The Morgan fingerprint density at radius 2 is 2.33 bits per heavy atom. The molecule has 1 saturated carbocycles. The van der Waals surface area contributed by atoms with E-state index < -0.39 is 11.5 Å². The summed E-state index contributed by atoms with van der Waals surface area (Å²) in [6.07, 6.45) is 4.16. The smallest absolute Gasteiger partial charge is 0.0976 e. The third kappa shape index (κ3) is 3.45. The van der Waals surface area contributed by atoms with E-state index in [1.165, 1.54) is 6.42 Å². The predicted octanol–water partition coefficient (Wildman–Crippen LogP) is 3.98. The van der Waals surface area contributed by atoms with Crippen LogP contribution in [-0.2, 0) is 11.3 Å². The Balaban J connectivity index is 2.25. The van der Waals surface area contributed by atoms with Crippen molar-refractivity contribution in [3.8, 4) is 6.07 Å². The molecule has 114 valence electrons. The summed E-state index contributed by atoms with van der Waals surface area (Å²) < 4.78 is 5.15. The highest BCUT2D eigenvalue weighted by Gasteiger charge is 2.42. The lowest BCUT2D eigenvalue weighted by Crippen LogP contribution is -2.33. The molecule has 21 heavy (non-hydrogen) atoms. The van der Waals surface area contributed by atoms with E-state index in [2.05, 4.69) is 13.0 Å². The van der Waals surface area contributed by atoms with Gasteiger partial charge in [0.2, 0.25) is 0 Å². The third-order valence-corrected chi connectivity index (χ3v) is 4.79. The summed E-state index contributed by atoms with van der Waals surface area (Å²) >= 11 is 0. The van der Waals surface area contributed by atoms with Gasteiger partial charge in [-0.2, -0.15) is 5.26 Å². The quantitative estimate of drug-likeness (QED) is 0.891. The molecule has 0 amide bonds. The molecule has 2 rings (SSSR count). The molecule has 0 heterocycles. The van der Waals surface area contributed by atoms with Crippen LogP contribution in [0.5, 0.6) is 0 Å². The van der Waals surface area contributed by atoms with Gasteiger partial charge in [0.25, 0.3) is 0 Å². The molecule has 3 unspecified atom stereocenters. The lowest BCUT2D eigenvalue weighted by molar-refractivity contribution is 0.0184. The fourth-order valence-corrected chi connectivity index (χ4v) is 3.52. The molecule has 1 aliphatic rings. The zero-order valence-electron chi connectivity index (χ0n) is 13.0. The van der Waals surface area contributed by atoms with Gasteiger partial charge in [0.15, 0.2) is 0 Å². The maximum atomic E-state index is 10.8. The third-order valence-electron chi connectivity index (χ3n) is 4.79. The number of aliphatic hydroxyl groups is 1. The number of aliphatic hydroxyl groups excluding tert-OH is 1. The van der Waals surface area contributed by atoms with Crippen LogP contribution in [0.4, 0.5) is 0 Å². The average molecular weight is 287 g/mol. The summed E-state index contributed by atoms with van der Waals surface area (Å²) in [5, 5.41) is 20.6. The van der Waals surface area contributed by atoms with Crippen molar-refractivity contribution < 1.29 is 9.84 Å². The van der Waals surface area contributed by atoms with E-state index in [1.54, 1.807) is 7.11 Å². The fourth-order valence-electron chi connectivity index (χ4n) is 3.52. The molecule has 3 atom stereocenters. The lowest BCUT2D eigenvalue weighted by Gasteiger charge is -2.39. The van der Waals surface area contributed by atoms with Gasteiger partial charge in [-0.25, -0.2) is 0 Å². The first-order valence-corrected chi connectivity index (χ1v) is 7.82. The molecule has 1 aromatic rings. The topological polar surface area (TPSA) is 53.2 Å². The van der Waals surface area contributed by atoms with E-state index in [-0.39, 0.29) is 0 Å². The van der Waals surface area contributed by atoms with Crippen LogP contribution in [0.15, 0.2) is 24.3 Å². The van der Waals surface area contributed by atoms with Crippen molar-refractivity contribution in [3.63, 3.8) is 0 Å². The Bertz CT molecular complexity index is 508. The van der Waals surface area contributed by atoms with E-state index in [0.717, 1.165) is 36.8 Å². The molecule has 0 bridgehead atoms. The van der Waals surface area contributed by atoms with Gasteiger partial charge in [-0.15, -0.1) is 0 Å². The van der Waals surface area contributed by atoms with E-state index >= 15 is 0 Å². The van der Waals surface area contributed by atoms with E-state index in [1.807, 2.05) is 24.3 Å². The molecular formula is C18H25NO2. The van der Waals surface area contributed by atoms with Crippen LogP contribution in [0.25, 0.3) is 0 Å². The van der Waals surface area contributed by atoms with Crippen molar-refractivity contribution in [1.29, 1.82) is 5.26 Å². The van der Waals surface area contributed by atoms with Gasteiger partial charge >= 0.3 is 0 Å². The monoisotopic (exact) mass is 287 g/mol. The van der Waals surface area contributed by atoms with Gasteiger partial charge in [-0.3, -0.25) is 0 Å². The SMILES string of the molecule is CCC1CCCC(C#N)(C(O)c2cccc(COC)c2)C1. The Kier molecular flexibility index (Phi) is 5.39. The predicted molar refractivity (Wildman–Crippen MR) is 82.4 cm³/mol. The van der Waals surface area contributed by atoms with Gasteiger partial charge in [-0.1, -0.05) is 50.5 Å². The summed E-state index contributed by atoms with van der Waals surface area (Å²) in [4.78, 5) is 0. The van der Waals surface area contributed by atoms with Crippen LogP contribution in [-0.4, -0.2) is 12.2 Å². The molecule has 1 N–H and O–H groups in total. The molecule has 1 fully saturated rings. The molecule has 0 aromatic heterocycles. The number of rotatable bonds is 5. The van der Waals surface area contributed by atoms with Crippen LogP contribution < -0.4 is 0 Å².